The number of Topliss-reactive ketones (excluding diaryl/α,β-unsaturated/α-hetero) is 1. The van der Waals surface area contributed by atoms with Crippen molar-refractivity contribution >= 4 is 34.3 Å². The maximum atomic E-state index is 11.2. The molecular formula is C10H11BrO2S. The number of rotatable bonds is 3. The van der Waals surface area contributed by atoms with Crippen molar-refractivity contribution in [1.29, 1.82) is 0 Å². The number of thiol groups is 1. The summed E-state index contributed by atoms with van der Waals surface area (Å²) in [5, 5.41) is 9.11. The number of aliphatic hydroxyl groups excluding tert-OH is 1. The van der Waals surface area contributed by atoms with Gasteiger partial charge in [-0.05, 0) is 24.1 Å². The minimum atomic E-state index is -0.390. The summed E-state index contributed by atoms with van der Waals surface area (Å²) < 4.78 is 0. The van der Waals surface area contributed by atoms with Crippen molar-refractivity contribution in [1.82, 2.24) is 0 Å². The number of benzene rings is 1. The Morgan fingerprint density at radius 2 is 2.29 bits per heavy atom. The molecule has 0 aliphatic carbocycles. The molecule has 1 aromatic carbocycles. The fourth-order valence-corrected chi connectivity index (χ4v) is 2.31. The number of carbonyl (C=O) groups is 1. The van der Waals surface area contributed by atoms with Crippen LogP contribution in [-0.2, 0) is 11.4 Å². The molecule has 0 amide bonds. The first kappa shape index (κ1) is 11.8. The topological polar surface area (TPSA) is 37.3 Å². The molecule has 0 aromatic heterocycles. The minimum absolute atomic E-state index is 0.00111. The molecule has 0 radical (unpaired) electrons. The maximum absolute atomic E-state index is 11.2. The zero-order chi connectivity index (χ0) is 10.7. The first-order valence-corrected chi connectivity index (χ1v) is 5.50. The number of halogens is 1. The van der Waals surface area contributed by atoms with Gasteiger partial charge in [0.15, 0.2) is 0 Å². The van der Waals surface area contributed by atoms with Crippen molar-refractivity contribution in [2.24, 2.45) is 0 Å². The smallest absolute Gasteiger partial charge is 0.147 e. The highest BCUT2D eigenvalue weighted by Gasteiger charge is 2.18. The average Bonchev–Trinajstić information content (AvgIpc) is 2.16. The predicted molar refractivity (Wildman–Crippen MR) is 62.0 cm³/mol. The van der Waals surface area contributed by atoms with E-state index in [4.69, 9.17) is 5.11 Å². The van der Waals surface area contributed by atoms with Gasteiger partial charge in [-0.1, -0.05) is 28.1 Å². The van der Waals surface area contributed by atoms with Crippen LogP contribution in [0, 0.1) is 0 Å². The molecule has 2 nitrogen and oxygen atoms in total. The summed E-state index contributed by atoms with van der Waals surface area (Å²) >= 11 is 7.55. The second-order valence-electron chi connectivity index (χ2n) is 2.98. The fraction of sp³-hybridized carbons (Fsp3) is 0.300. The Hall–Kier alpha value is -0.320. The molecule has 0 bridgehead atoms. The van der Waals surface area contributed by atoms with E-state index in [0.717, 1.165) is 11.1 Å². The first-order valence-electron chi connectivity index (χ1n) is 4.14. The van der Waals surface area contributed by atoms with Gasteiger partial charge in [0.1, 0.15) is 5.78 Å². The van der Waals surface area contributed by atoms with E-state index in [1.165, 1.54) is 6.92 Å². The van der Waals surface area contributed by atoms with E-state index in [0.29, 0.717) is 4.90 Å². The molecule has 1 aromatic rings. The van der Waals surface area contributed by atoms with Gasteiger partial charge in [0, 0.05) is 4.90 Å². The second kappa shape index (κ2) is 4.96. The Labute approximate surface area is 96.9 Å². The Bertz CT molecular complexity index is 352. The van der Waals surface area contributed by atoms with E-state index in [2.05, 4.69) is 28.6 Å². The predicted octanol–water partition coefficient (Wildman–Crippen LogP) is 2.49. The summed E-state index contributed by atoms with van der Waals surface area (Å²) in [6.07, 6.45) is 0. The molecule has 0 aliphatic rings. The van der Waals surface area contributed by atoms with Gasteiger partial charge in [0.25, 0.3) is 0 Å². The molecule has 14 heavy (non-hydrogen) atoms. The molecule has 0 fully saturated rings. The Morgan fingerprint density at radius 3 is 2.79 bits per heavy atom. The van der Waals surface area contributed by atoms with E-state index in [-0.39, 0.29) is 12.4 Å². The van der Waals surface area contributed by atoms with Crippen LogP contribution in [0.3, 0.4) is 0 Å². The lowest BCUT2D eigenvalue weighted by molar-refractivity contribution is -0.116. The number of hydrogen-bond acceptors (Lipinski definition) is 3. The van der Waals surface area contributed by atoms with E-state index in [1.807, 2.05) is 0 Å². The summed E-state index contributed by atoms with van der Waals surface area (Å²) in [5.41, 5.74) is 1.49. The van der Waals surface area contributed by atoms with E-state index in [1.54, 1.807) is 18.2 Å². The summed E-state index contributed by atoms with van der Waals surface area (Å²) in [6.45, 7) is 1.42. The van der Waals surface area contributed by atoms with Gasteiger partial charge < -0.3 is 5.11 Å². The van der Waals surface area contributed by atoms with Crippen molar-refractivity contribution in [2.75, 3.05) is 0 Å². The van der Waals surface area contributed by atoms with Gasteiger partial charge in [-0.2, -0.15) is 0 Å². The van der Waals surface area contributed by atoms with Crippen LogP contribution in [-0.4, -0.2) is 10.9 Å². The first-order chi connectivity index (χ1) is 6.57. The highest BCUT2D eigenvalue weighted by Crippen LogP contribution is 2.32. The molecule has 1 atom stereocenters. The molecule has 1 rings (SSSR count). The monoisotopic (exact) mass is 274 g/mol. The molecule has 76 valence electrons. The number of hydrogen-bond donors (Lipinski definition) is 2. The Kier molecular flexibility index (Phi) is 4.16. The summed E-state index contributed by atoms with van der Waals surface area (Å²) in [6, 6.07) is 5.39. The van der Waals surface area contributed by atoms with Crippen molar-refractivity contribution in [3.8, 4) is 0 Å². The van der Waals surface area contributed by atoms with Gasteiger partial charge in [-0.3, -0.25) is 4.79 Å². The van der Waals surface area contributed by atoms with E-state index in [9.17, 15) is 4.79 Å². The molecule has 0 spiro atoms. The highest BCUT2D eigenvalue weighted by molar-refractivity contribution is 9.09. The van der Waals surface area contributed by atoms with E-state index < -0.39 is 4.83 Å². The lowest BCUT2D eigenvalue weighted by Gasteiger charge is -2.13. The van der Waals surface area contributed by atoms with E-state index >= 15 is 0 Å². The normalized spacial score (nSPS) is 12.6. The maximum Gasteiger partial charge on any atom is 0.147 e. The largest absolute Gasteiger partial charge is 0.392 e. The van der Waals surface area contributed by atoms with Crippen LogP contribution in [0.25, 0.3) is 0 Å². The third-order valence-corrected chi connectivity index (χ3v) is 3.45. The van der Waals surface area contributed by atoms with Crippen molar-refractivity contribution in [2.45, 2.75) is 23.3 Å². The molecular weight excluding hydrogens is 264 g/mol. The van der Waals surface area contributed by atoms with Crippen molar-refractivity contribution in [3.63, 3.8) is 0 Å². The zero-order valence-electron chi connectivity index (χ0n) is 7.70. The van der Waals surface area contributed by atoms with Gasteiger partial charge in [0.05, 0.1) is 11.4 Å². The third kappa shape index (κ3) is 2.38. The van der Waals surface area contributed by atoms with Gasteiger partial charge >= 0.3 is 0 Å². The Balaban J connectivity index is 3.23. The number of carbonyl (C=O) groups excluding carboxylic acids is 1. The number of ketones is 1. The second-order valence-corrected chi connectivity index (χ2v) is 4.38. The lowest BCUT2D eigenvalue weighted by Crippen LogP contribution is -2.06. The SMILES string of the molecule is CC(=O)C(Br)c1c(S)cccc1CO. The standard InChI is InChI=1S/C10H11BrO2S/c1-6(13)10(11)9-7(5-12)3-2-4-8(9)14/h2-4,10,12,14H,5H2,1H3. The zero-order valence-corrected chi connectivity index (χ0v) is 10.2. The summed E-state index contributed by atoms with van der Waals surface area (Å²) in [5.74, 6) is 0.00111. The summed E-state index contributed by atoms with van der Waals surface area (Å²) in [4.78, 5) is 11.5. The van der Waals surface area contributed by atoms with Crippen LogP contribution in [0.4, 0.5) is 0 Å². The molecule has 0 saturated heterocycles. The van der Waals surface area contributed by atoms with Gasteiger partial charge in [0.2, 0.25) is 0 Å². The highest BCUT2D eigenvalue weighted by atomic mass is 79.9. The van der Waals surface area contributed by atoms with Crippen LogP contribution in [0.15, 0.2) is 23.1 Å². The van der Waals surface area contributed by atoms with Gasteiger partial charge in [-0.25, -0.2) is 0 Å². The van der Waals surface area contributed by atoms with Crippen LogP contribution in [0.5, 0.6) is 0 Å². The molecule has 1 N–H and O–H groups in total. The molecule has 0 saturated carbocycles. The van der Waals surface area contributed by atoms with Crippen LogP contribution < -0.4 is 0 Å². The average molecular weight is 275 g/mol. The van der Waals surface area contributed by atoms with Crippen LogP contribution >= 0.6 is 28.6 Å². The molecule has 1 unspecified atom stereocenters. The van der Waals surface area contributed by atoms with Crippen molar-refractivity contribution in [3.05, 3.63) is 29.3 Å². The lowest BCUT2D eigenvalue weighted by atomic mass is 10.0. The Morgan fingerprint density at radius 1 is 1.64 bits per heavy atom. The van der Waals surface area contributed by atoms with Crippen molar-refractivity contribution < 1.29 is 9.90 Å². The quantitative estimate of drug-likeness (QED) is 0.657. The minimum Gasteiger partial charge on any atom is -0.392 e. The summed E-state index contributed by atoms with van der Waals surface area (Å²) in [7, 11) is 0. The molecule has 4 heteroatoms. The number of aliphatic hydroxyl groups is 1. The number of alkyl halides is 1. The van der Waals surface area contributed by atoms with Crippen LogP contribution in [0.1, 0.15) is 22.9 Å². The molecule has 0 aliphatic heterocycles. The fourth-order valence-electron chi connectivity index (χ4n) is 1.23. The van der Waals surface area contributed by atoms with Crippen LogP contribution in [0.2, 0.25) is 0 Å². The third-order valence-electron chi connectivity index (χ3n) is 1.95. The van der Waals surface area contributed by atoms with Gasteiger partial charge in [-0.15, -0.1) is 12.6 Å². The molecule has 0 heterocycles.